The molecule has 9 rings (SSSR count). The summed E-state index contributed by atoms with van der Waals surface area (Å²) in [5.74, 6) is 0.0617. The average Bonchev–Trinajstić information content (AvgIpc) is 3.47. The van der Waals surface area contributed by atoms with Crippen molar-refractivity contribution in [3.63, 3.8) is 0 Å². The van der Waals surface area contributed by atoms with Crippen LogP contribution in [0.25, 0.3) is 0 Å². The van der Waals surface area contributed by atoms with Crippen LogP contribution in [0.1, 0.15) is 62.4 Å². The van der Waals surface area contributed by atoms with Gasteiger partial charge < -0.3 is 20.6 Å². The third-order valence-electron chi connectivity index (χ3n) is 11.7. The normalized spacial score (nSPS) is 19.3. The second-order valence-corrected chi connectivity index (χ2v) is 18.0. The maximum atomic E-state index is 13.1. The van der Waals surface area contributed by atoms with Crippen LogP contribution in [0.3, 0.4) is 0 Å². The summed E-state index contributed by atoms with van der Waals surface area (Å²) in [7, 11) is 0. The van der Waals surface area contributed by atoms with E-state index in [-0.39, 0.29) is 18.0 Å². The van der Waals surface area contributed by atoms with Gasteiger partial charge in [-0.1, -0.05) is 35.3 Å². The summed E-state index contributed by atoms with van der Waals surface area (Å²) in [4.78, 5) is 19.5. The summed E-state index contributed by atoms with van der Waals surface area (Å²) < 4.78 is 4.61. The number of benzene rings is 2. The van der Waals surface area contributed by atoms with Crippen molar-refractivity contribution in [2.24, 2.45) is 0 Å². The number of halogens is 4. The first-order valence-electron chi connectivity index (χ1n) is 19.6. The summed E-state index contributed by atoms with van der Waals surface area (Å²) in [6.07, 6.45) is 9.87. The molecule has 2 unspecified atom stereocenters. The average molecular weight is 954 g/mol. The van der Waals surface area contributed by atoms with Crippen molar-refractivity contribution in [3.05, 3.63) is 165 Å². The Morgan fingerprint density at radius 3 is 1.66 bits per heavy atom. The predicted octanol–water partition coefficient (Wildman–Crippen LogP) is 5.66. The Morgan fingerprint density at radius 2 is 1.16 bits per heavy atom. The number of pyridine rings is 3. The SMILES string of the molecule is O=C(Cc1cc[n+](O)cc1)N1CCN(C2c3ccc(Cl)cc3CCc3cc(Br)c[n+]([O-])c32)CC1.[O-][n+]1cc(Br)cc2c1C(N1CCNCC1)c1ccc(Cl)cc1CC2. The van der Waals surface area contributed by atoms with Crippen molar-refractivity contribution in [1.29, 1.82) is 0 Å². The second-order valence-electron chi connectivity index (χ2n) is 15.2. The Kier molecular flexibility index (Phi) is 12.6. The van der Waals surface area contributed by atoms with E-state index in [1.807, 2.05) is 35.2 Å². The largest absolute Gasteiger partial charge is 0.618 e. The molecule has 2 atom stereocenters. The van der Waals surface area contributed by atoms with E-state index in [1.54, 1.807) is 24.5 Å². The van der Waals surface area contributed by atoms with Crippen LogP contribution in [0.2, 0.25) is 10.0 Å². The van der Waals surface area contributed by atoms with E-state index in [9.17, 15) is 20.4 Å². The number of aromatic nitrogens is 3. The van der Waals surface area contributed by atoms with Gasteiger partial charge in [0.2, 0.25) is 29.7 Å². The molecule has 11 nitrogen and oxygen atoms in total. The number of carbonyl (C=O) groups is 1. The van der Waals surface area contributed by atoms with E-state index in [4.69, 9.17) is 23.2 Å². The minimum Gasteiger partial charge on any atom is -0.618 e. The number of hydrogen-bond acceptors (Lipinski definition) is 7. The highest BCUT2D eigenvalue weighted by Gasteiger charge is 2.38. The summed E-state index contributed by atoms with van der Waals surface area (Å²) in [5.41, 5.74) is 9.36. The number of amides is 1. The number of fused-ring (bicyclic) bond motifs is 4. The van der Waals surface area contributed by atoms with Crippen LogP contribution in [0.15, 0.2) is 94.4 Å². The molecule has 1 amide bonds. The van der Waals surface area contributed by atoms with Crippen molar-refractivity contribution < 1.29 is 24.2 Å². The molecule has 302 valence electrons. The molecule has 4 aliphatic rings. The van der Waals surface area contributed by atoms with Crippen molar-refractivity contribution in [2.75, 3.05) is 52.4 Å². The number of nitrogens with one attached hydrogen (secondary N) is 1. The summed E-state index contributed by atoms with van der Waals surface area (Å²) in [5, 5.41) is 40.1. The molecule has 3 aromatic heterocycles. The van der Waals surface area contributed by atoms with Gasteiger partial charge in [-0.05, 0) is 122 Å². The molecular formula is C43H44Br2Cl2N7O4+. The van der Waals surface area contributed by atoms with Gasteiger partial charge in [0.15, 0.2) is 12.4 Å². The molecule has 2 aromatic carbocycles. The first-order valence-corrected chi connectivity index (χ1v) is 21.9. The van der Waals surface area contributed by atoms with Crippen LogP contribution >= 0.6 is 55.1 Å². The van der Waals surface area contributed by atoms with Gasteiger partial charge in [0.05, 0.1) is 15.4 Å². The highest BCUT2D eigenvalue weighted by atomic mass is 79.9. The van der Waals surface area contributed by atoms with Gasteiger partial charge in [-0.25, -0.2) is 0 Å². The van der Waals surface area contributed by atoms with Gasteiger partial charge in [0.25, 0.3) is 0 Å². The Bertz CT molecular complexity index is 2320. The van der Waals surface area contributed by atoms with Crippen molar-refractivity contribution in [3.8, 4) is 0 Å². The van der Waals surface area contributed by atoms with E-state index in [0.717, 1.165) is 119 Å². The lowest BCUT2D eigenvalue weighted by molar-refractivity contribution is -0.904. The van der Waals surface area contributed by atoms with Gasteiger partial charge >= 0.3 is 0 Å². The minimum atomic E-state index is -0.193. The molecule has 2 saturated heterocycles. The number of carbonyl (C=O) groups excluding carboxylic acids is 1. The van der Waals surface area contributed by atoms with Gasteiger partial charge in [0, 0.05) is 90.4 Å². The Balaban J connectivity index is 0.000000172. The minimum absolute atomic E-state index is 0.0116. The molecule has 0 bridgehead atoms. The first-order chi connectivity index (χ1) is 28.0. The highest BCUT2D eigenvalue weighted by molar-refractivity contribution is 9.10. The molecule has 15 heteroatoms. The molecule has 5 heterocycles. The monoisotopic (exact) mass is 950 g/mol. The van der Waals surface area contributed by atoms with Crippen molar-refractivity contribution in [2.45, 2.75) is 44.2 Å². The van der Waals surface area contributed by atoms with E-state index < -0.39 is 0 Å². The van der Waals surface area contributed by atoms with Crippen molar-refractivity contribution >= 4 is 61.0 Å². The van der Waals surface area contributed by atoms with Crippen LogP contribution < -0.4 is 19.5 Å². The maximum absolute atomic E-state index is 13.1. The van der Waals surface area contributed by atoms with E-state index in [0.29, 0.717) is 37.6 Å². The number of piperazine rings is 2. The predicted molar refractivity (Wildman–Crippen MR) is 228 cm³/mol. The maximum Gasteiger partial charge on any atom is 0.227 e. The Labute approximate surface area is 364 Å². The third kappa shape index (κ3) is 8.86. The molecule has 2 fully saturated rings. The zero-order chi connectivity index (χ0) is 40.5. The summed E-state index contributed by atoms with van der Waals surface area (Å²) in [6, 6.07) is 19.4. The number of nitrogens with zero attached hydrogens (tertiary/aromatic N) is 6. The fourth-order valence-corrected chi connectivity index (χ4v) is 10.2. The van der Waals surface area contributed by atoms with E-state index in [1.165, 1.54) is 23.5 Å². The Hall–Kier alpha value is -3.82. The van der Waals surface area contributed by atoms with Crippen LogP contribution in [0, 0.1) is 10.4 Å². The topological polar surface area (TPSA) is 117 Å². The lowest BCUT2D eigenvalue weighted by Gasteiger charge is -2.39. The van der Waals surface area contributed by atoms with Gasteiger partial charge in [-0.3, -0.25) is 19.8 Å². The van der Waals surface area contributed by atoms with Crippen molar-refractivity contribution in [1.82, 2.24) is 20.0 Å². The lowest BCUT2D eigenvalue weighted by Crippen LogP contribution is -2.52. The molecule has 58 heavy (non-hydrogen) atoms. The fourth-order valence-electron chi connectivity index (χ4n) is 8.91. The molecule has 2 aliphatic heterocycles. The van der Waals surface area contributed by atoms with Gasteiger partial charge in [0.1, 0.15) is 12.1 Å². The lowest BCUT2D eigenvalue weighted by atomic mass is 9.96. The van der Waals surface area contributed by atoms with E-state index >= 15 is 0 Å². The van der Waals surface area contributed by atoms with Crippen LogP contribution in [0.4, 0.5) is 0 Å². The molecule has 2 aliphatic carbocycles. The fraction of sp³-hybridized carbons (Fsp3) is 0.349. The quantitative estimate of drug-likeness (QED) is 0.136. The zero-order valence-corrected chi connectivity index (χ0v) is 36.5. The second kappa shape index (κ2) is 17.8. The highest BCUT2D eigenvalue weighted by Crippen LogP contribution is 2.39. The Morgan fingerprint density at radius 1 is 0.690 bits per heavy atom. The van der Waals surface area contributed by atoms with Crippen LogP contribution in [-0.2, 0) is 36.9 Å². The number of aryl methyl sites for hydroxylation is 4. The molecule has 5 aromatic rings. The molecular weight excluding hydrogens is 909 g/mol. The van der Waals surface area contributed by atoms with Gasteiger partial charge in [-0.15, -0.1) is 0 Å². The molecule has 0 saturated carbocycles. The summed E-state index contributed by atoms with van der Waals surface area (Å²) in [6.45, 7) is 6.28. The first kappa shape index (κ1) is 40.9. The van der Waals surface area contributed by atoms with Crippen LogP contribution in [-0.4, -0.2) is 78.2 Å². The number of rotatable bonds is 4. The van der Waals surface area contributed by atoms with Crippen LogP contribution in [0.5, 0.6) is 0 Å². The van der Waals surface area contributed by atoms with Gasteiger partial charge in [-0.2, -0.15) is 9.46 Å². The zero-order valence-electron chi connectivity index (χ0n) is 31.8. The standard InChI is InChI=1S/C25H25BrClN4O3.C18H19BrClN3O/c26-20-14-19-2-1-18-15-21(27)3-4-22(18)25(24(19)31(34)16-20)29-11-9-28(10-12-29)23(32)13-17-5-7-30(33)8-6-17;19-14-9-13-2-1-12-10-15(20)3-4-16(12)18(17(13)23(24)11-14)22-7-5-21-6-8-22/h3-8,14-16,25,33H,1-2,9-13H2;3-4,9-11,18,21H,1-2,5-8H2/q+1;. The molecule has 0 spiro atoms. The molecule has 0 radical (unpaired) electrons. The molecule has 2 N–H and O–H groups in total. The van der Waals surface area contributed by atoms with E-state index in [2.05, 4.69) is 65.2 Å². The smallest absolute Gasteiger partial charge is 0.227 e. The third-order valence-corrected chi connectivity index (χ3v) is 13.0. The number of hydrogen-bond donors (Lipinski definition) is 2. The summed E-state index contributed by atoms with van der Waals surface area (Å²) >= 11 is 19.5.